The normalized spacial score (nSPS) is 17.9. The number of pyridine rings is 1. The molecule has 7 heteroatoms. The summed E-state index contributed by atoms with van der Waals surface area (Å²) in [5.41, 5.74) is 9.97. The van der Waals surface area contributed by atoms with Crippen molar-refractivity contribution < 1.29 is 9.53 Å². The molecule has 0 unspecified atom stereocenters. The lowest BCUT2D eigenvalue weighted by atomic mass is 10.0. The Morgan fingerprint density at radius 2 is 1.89 bits per heavy atom. The molecule has 1 saturated heterocycles. The zero-order chi connectivity index (χ0) is 20.0. The highest BCUT2D eigenvalue weighted by atomic mass is 16.5. The first-order chi connectivity index (χ1) is 13.4. The van der Waals surface area contributed by atoms with E-state index in [9.17, 15) is 9.59 Å². The number of anilines is 2. The van der Waals surface area contributed by atoms with E-state index in [1.54, 1.807) is 13.0 Å². The number of aryl methyl sites for hydroxylation is 1. The van der Waals surface area contributed by atoms with Crippen molar-refractivity contribution in [1.29, 1.82) is 0 Å². The number of likely N-dealkylation sites (N-methyl/N-ethyl adjacent to an activating group) is 1. The van der Waals surface area contributed by atoms with E-state index in [1.807, 2.05) is 11.5 Å². The van der Waals surface area contributed by atoms with Crippen LogP contribution >= 0.6 is 0 Å². The molecule has 0 atom stereocenters. The Bertz CT molecular complexity index is 986. The SMILES string of the molecule is CCOC(=O)c1cc(=O)c2cc(N)c(N3CCN(C)CC3)c(C)c2n1C1CC1. The Labute approximate surface area is 164 Å². The molecule has 0 radical (unpaired) electrons. The fourth-order valence-corrected chi connectivity index (χ4v) is 4.24. The van der Waals surface area contributed by atoms with Crippen LogP contribution in [0.5, 0.6) is 0 Å². The van der Waals surface area contributed by atoms with Crippen LogP contribution in [0.25, 0.3) is 10.9 Å². The maximum absolute atomic E-state index is 12.8. The molecule has 1 aromatic heterocycles. The number of esters is 1. The molecule has 2 aromatic rings. The highest BCUT2D eigenvalue weighted by Crippen LogP contribution is 2.42. The summed E-state index contributed by atoms with van der Waals surface area (Å²) in [5, 5.41) is 0.577. The molecule has 2 aliphatic rings. The third-order valence-corrected chi connectivity index (χ3v) is 5.79. The highest BCUT2D eigenvalue weighted by Gasteiger charge is 2.31. The van der Waals surface area contributed by atoms with Gasteiger partial charge in [-0.3, -0.25) is 4.79 Å². The van der Waals surface area contributed by atoms with Crippen molar-refractivity contribution in [2.24, 2.45) is 0 Å². The molecule has 2 heterocycles. The van der Waals surface area contributed by atoms with Gasteiger partial charge in [0.2, 0.25) is 0 Å². The number of rotatable bonds is 4. The monoisotopic (exact) mass is 384 g/mol. The van der Waals surface area contributed by atoms with Crippen LogP contribution in [0.15, 0.2) is 16.9 Å². The highest BCUT2D eigenvalue weighted by molar-refractivity contribution is 5.97. The van der Waals surface area contributed by atoms with Gasteiger partial charge in [-0.05, 0) is 45.4 Å². The van der Waals surface area contributed by atoms with Gasteiger partial charge in [0.15, 0.2) is 5.43 Å². The number of hydrogen-bond donors (Lipinski definition) is 1. The third-order valence-electron chi connectivity index (χ3n) is 5.79. The number of carbonyl (C=O) groups excluding carboxylic acids is 1. The number of nitrogen functional groups attached to an aromatic ring is 1. The first kappa shape index (κ1) is 18.8. The molecule has 28 heavy (non-hydrogen) atoms. The van der Waals surface area contributed by atoms with E-state index in [0.29, 0.717) is 16.8 Å². The minimum absolute atomic E-state index is 0.185. The average molecular weight is 384 g/mol. The molecular formula is C21H28N4O3. The standard InChI is InChI=1S/C21H28N4O3/c1-4-28-21(27)17-12-18(26)15-11-16(22)20(24-9-7-23(3)8-10-24)13(2)19(15)25(17)14-5-6-14/h11-12,14H,4-10,22H2,1-3H3. The van der Waals surface area contributed by atoms with Crippen molar-refractivity contribution in [3.8, 4) is 0 Å². The zero-order valence-electron chi connectivity index (χ0n) is 16.8. The lowest BCUT2D eigenvalue weighted by molar-refractivity contribution is 0.0513. The molecule has 1 aliphatic heterocycles. The number of fused-ring (bicyclic) bond motifs is 1. The van der Waals surface area contributed by atoms with Crippen molar-refractivity contribution in [2.75, 3.05) is 50.5 Å². The Hall–Kier alpha value is -2.54. The van der Waals surface area contributed by atoms with E-state index in [-0.39, 0.29) is 18.1 Å². The van der Waals surface area contributed by atoms with Gasteiger partial charge in [0.05, 0.1) is 23.5 Å². The second kappa shape index (κ2) is 7.13. The van der Waals surface area contributed by atoms with Gasteiger partial charge >= 0.3 is 5.97 Å². The van der Waals surface area contributed by atoms with Crippen LogP contribution in [0.2, 0.25) is 0 Å². The molecule has 1 saturated carbocycles. The van der Waals surface area contributed by atoms with Crippen molar-refractivity contribution in [3.63, 3.8) is 0 Å². The summed E-state index contributed by atoms with van der Waals surface area (Å²) in [6.45, 7) is 7.78. The van der Waals surface area contributed by atoms with Crippen LogP contribution in [0, 0.1) is 6.92 Å². The van der Waals surface area contributed by atoms with E-state index >= 15 is 0 Å². The number of aromatic nitrogens is 1. The summed E-state index contributed by atoms with van der Waals surface area (Å²) in [7, 11) is 2.12. The van der Waals surface area contributed by atoms with Gasteiger partial charge < -0.3 is 24.8 Å². The molecule has 1 aromatic carbocycles. The van der Waals surface area contributed by atoms with E-state index < -0.39 is 5.97 Å². The topological polar surface area (TPSA) is 80.8 Å². The largest absolute Gasteiger partial charge is 0.461 e. The van der Waals surface area contributed by atoms with Gasteiger partial charge in [0.1, 0.15) is 5.69 Å². The van der Waals surface area contributed by atoms with Crippen LogP contribution in [0.4, 0.5) is 11.4 Å². The second-order valence-corrected chi connectivity index (χ2v) is 7.84. The molecule has 1 aliphatic carbocycles. The first-order valence-corrected chi connectivity index (χ1v) is 10.0. The quantitative estimate of drug-likeness (QED) is 0.643. The lowest BCUT2D eigenvalue weighted by Crippen LogP contribution is -2.45. The number of nitrogens with two attached hydrogens (primary N) is 1. The van der Waals surface area contributed by atoms with E-state index in [0.717, 1.165) is 55.8 Å². The predicted molar refractivity (Wildman–Crippen MR) is 111 cm³/mol. The Balaban J connectivity index is 1.96. The molecule has 2 fully saturated rings. The van der Waals surface area contributed by atoms with Gasteiger partial charge in [-0.2, -0.15) is 0 Å². The van der Waals surface area contributed by atoms with Crippen LogP contribution in [0.3, 0.4) is 0 Å². The fraction of sp³-hybridized carbons (Fsp3) is 0.524. The van der Waals surface area contributed by atoms with Crippen molar-refractivity contribution >= 4 is 28.2 Å². The maximum Gasteiger partial charge on any atom is 0.355 e. The summed E-state index contributed by atoms with van der Waals surface area (Å²) in [6, 6.07) is 3.42. The van der Waals surface area contributed by atoms with E-state index in [2.05, 4.69) is 16.8 Å². The average Bonchev–Trinajstić information content (AvgIpc) is 3.49. The summed E-state index contributed by atoms with van der Waals surface area (Å²) >= 11 is 0. The van der Waals surface area contributed by atoms with Gasteiger partial charge in [-0.15, -0.1) is 0 Å². The first-order valence-electron chi connectivity index (χ1n) is 10.0. The molecule has 4 rings (SSSR count). The summed E-state index contributed by atoms with van der Waals surface area (Å²) < 4.78 is 7.25. The smallest absolute Gasteiger partial charge is 0.355 e. The van der Waals surface area contributed by atoms with Crippen LogP contribution in [-0.2, 0) is 4.74 Å². The molecule has 0 spiro atoms. The second-order valence-electron chi connectivity index (χ2n) is 7.84. The third kappa shape index (κ3) is 3.13. The Morgan fingerprint density at radius 1 is 1.21 bits per heavy atom. The van der Waals surface area contributed by atoms with Crippen molar-refractivity contribution in [3.05, 3.63) is 33.6 Å². The Morgan fingerprint density at radius 3 is 2.50 bits per heavy atom. The number of hydrogen-bond acceptors (Lipinski definition) is 6. The van der Waals surface area contributed by atoms with Crippen molar-refractivity contribution in [2.45, 2.75) is 32.7 Å². The number of ether oxygens (including phenoxy) is 1. The zero-order valence-corrected chi connectivity index (χ0v) is 16.8. The van der Waals surface area contributed by atoms with Crippen LogP contribution in [0.1, 0.15) is 41.9 Å². The van der Waals surface area contributed by atoms with Gasteiger partial charge in [0, 0.05) is 43.7 Å². The molecule has 0 amide bonds. The van der Waals surface area contributed by atoms with Crippen LogP contribution in [-0.4, -0.2) is 55.3 Å². The summed E-state index contributed by atoms with van der Waals surface area (Å²) in [6.07, 6.45) is 2.00. The van der Waals surface area contributed by atoms with E-state index in [4.69, 9.17) is 10.5 Å². The maximum atomic E-state index is 12.8. The number of carbonyl (C=O) groups is 1. The molecule has 150 valence electrons. The summed E-state index contributed by atoms with van der Waals surface area (Å²) in [4.78, 5) is 30.0. The minimum atomic E-state index is -0.439. The molecular weight excluding hydrogens is 356 g/mol. The van der Waals surface area contributed by atoms with Gasteiger partial charge in [0.25, 0.3) is 0 Å². The number of piperazine rings is 1. The summed E-state index contributed by atoms with van der Waals surface area (Å²) in [5.74, 6) is -0.439. The predicted octanol–water partition coefficient (Wildman–Crippen LogP) is 2.16. The van der Waals surface area contributed by atoms with Crippen molar-refractivity contribution in [1.82, 2.24) is 9.47 Å². The Kier molecular flexibility index (Phi) is 4.79. The van der Waals surface area contributed by atoms with E-state index in [1.165, 1.54) is 6.07 Å². The lowest BCUT2D eigenvalue weighted by Gasteiger charge is -2.36. The van der Waals surface area contributed by atoms with Crippen LogP contribution < -0.4 is 16.1 Å². The number of benzene rings is 1. The molecule has 7 nitrogen and oxygen atoms in total. The number of nitrogens with zero attached hydrogens (tertiary/aromatic N) is 3. The molecule has 2 N–H and O–H groups in total. The fourth-order valence-electron chi connectivity index (χ4n) is 4.24. The van der Waals surface area contributed by atoms with Gasteiger partial charge in [-0.1, -0.05) is 0 Å². The van der Waals surface area contributed by atoms with Gasteiger partial charge in [-0.25, -0.2) is 4.79 Å². The molecule has 0 bridgehead atoms. The minimum Gasteiger partial charge on any atom is -0.461 e.